The lowest BCUT2D eigenvalue weighted by Gasteiger charge is -2.35. The monoisotopic (exact) mass is 655 g/mol. The summed E-state index contributed by atoms with van der Waals surface area (Å²) in [7, 11) is -2.60. The summed E-state index contributed by atoms with van der Waals surface area (Å²) >= 11 is 0. The number of sulfonamides is 1. The van der Waals surface area contributed by atoms with Crippen LogP contribution in [0.1, 0.15) is 57.2 Å². The van der Waals surface area contributed by atoms with Gasteiger partial charge in [0.1, 0.15) is 18.3 Å². The molecular formula is C38H45N3O5S. The first kappa shape index (κ1) is 35.2. The van der Waals surface area contributed by atoms with Gasteiger partial charge in [-0.3, -0.25) is 13.9 Å². The number of methoxy groups -OCH3 is 1. The lowest BCUT2D eigenvalue weighted by atomic mass is 10.0. The van der Waals surface area contributed by atoms with Gasteiger partial charge < -0.3 is 15.0 Å². The van der Waals surface area contributed by atoms with Crippen LogP contribution in [-0.2, 0) is 32.6 Å². The second-order valence-electron chi connectivity index (χ2n) is 12.9. The van der Waals surface area contributed by atoms with Gasteiger partial charge in [-0.1, -0.05) is 86.6 Å². The summed E-state index contributed by atoms with van der Waals surface area (Å²) in [5.74, 6) is -0.0166. The fourth-order valence-electron chi connectivity index (χ4n) is 5.25. The lowest BCUT2D eigenvalue weighted by molar-refractivity contribution is -0.140. The Hall–Kier alpha value is -4.63. The number of rotatable bonds is 13. The quantitative estimate of drug-likeness (QED) is 0.176. The van der Waals surface area contributed by atoms with Crippen LogP contribution in [-0.4, -0.2) is 50.4 Å². The van der Waals surface area contributed by atoms with E-state index in [0.717, 1.165) is 21.0 Å². The molecule has 0 fully saturated rings. The highest BCUT2D eigenvalue weighted by Crippen LogP contribution is 2.27. The fourth-order valence-corrected chi connectivity index (χ4v) is 6.68. The van der Waals surface area contributed by atoms with Gasteiger partial charge in [-0.15, -0.1) is 0 Å². The minimum atomic E-state index is -4.17. The van der Waals surface area contributed by atoms with Crippen molar-refractivity contribution < 1.29 is 22.7 Å². The Morgan fingerprint density at radius 1 is 0.809 bits per heavy atom. The first-order valence-corrected chi connectivity index (χ1v) is 17.2. The predicted octanol–water partition coefficient (Wildman–Crippen LogP) is 6.57. The van der Waals surface area contributed by atoms with Crippen LogP contribution in [0.25, 0.3) is 0 Å². The van der Waals surface area contributed by atoms with E-state index in [0.29, 0.717) is 11.4 Å². The van der Waals surface area contributed by atoms with Crippen molar-refractivity contribution in [3.05, 3.63) is 126 Å². The molecule has 0 aliphatic rings. The first-order valence-electron chi connectivity index (χ1n) is 15.7. The summed E-state index contributed by atoms with van der Waals surface area (Å²) in [6, 6.07) is 31.1. The van der Waals surface area contributed by atoms with Gasteiger partial charge >= 0.3 is 0 Å². The van der Waals surface area contributed by atoms with Crippen LogP contribution in [0.2, 0.25) is 0 Å². The molecule has 0 aliphatic carbocycles. The number of hydrogen-bond acceptors (Lipinski definition) is 5. The van der Waals surface area contributed by atoms with Crippen LogP contribution in [0.3, 0.4) is 0 Å². The van der Waals surface area contributed by atoms with Crippen LogP contribution >= 0.6 is 0 Å². The zero-order valence-corrected chi connectivity index (χ0v) is 28.8. The van der Waals surface area contributed by atoms with Gasteiger partial charge in [-0.25, -0.2) is 8.42 Å². The molecule has 4 rings (SSSR count). The molecule has 0 radical (unpaired) electrons. The second-order valence-corrected chi connectivity index (χ2v) is 14.8. The van der Waals surface area contributed by atoms with E-state index in [9.17, 15) is 18.0 Å². The summed E-state index contributed by atoms with van der Waals surface area (Å²) in [5.41, 5.74) is 2.42. The largest absolute Gasteiger partial charge is 0.497 e. The number of carbonyl (C=O) groups excluding carboxylic acids is 2. The van der Waals surface area contributed by atoms with E-state index in [4.69, 9.17) is 4.74 Å². The smallest absolute Gasteiger partial charge is 0.264 e. The third-order valence-corrected chi connectivity index (χ3v) is 9.50. The summed E-state index contributed by atoms with van der Waals surface area (Å²) in [4.78, 5) is 30.2. The summed E-state index contributed by atoms with van der Waals surface area (Å²) < 4.78 is 35.0. The zero-order valence-electron chi connectivity index (χ0n) is 28.0. The topological polar surface area (TPSA) is 96.0 Å². The van der Waals surface area contributed by atoms with E-state index in [1.807, 2.05) is 81.4 Å². The Balaban J connectivity index is 1.83. The number of nitrogens with one attached hydrogen (secondary N) is 1. The highest BCUT2D eigenvalue weighted by Gasteiger charge is 2.35. The zero-order chi connectivity index (χ0) is 34.2. The van der Waals surface area contributed by atoms with Gasteiger partial charge in [0.15, 0.2) is 0 Å². The molecule has 1 unspecified atom stereocenters. The minimum Gasteiger partial charge on any atom is -0.497 e. The molecule has 0 saturated heterocycles. The number of benzene rings is 4. The molecule has 1 N–H and O–H groups in total. The van der Waals surface area contributed by atoms with E-state index in [1.54, 1.807) is 43.5 Å². The maximum Gasteiger partial charge on any atom is 0.264 e. The molecule has 0 heterocycles. The molecule has 4 aromatic rings. The molecule has 9 heteroatoms. The van der Waals surface area contributed by atoms with E-state index >= 15 is 0 Å². The molecular weight excluding hydrogens is 611 g/mol. The third kappa shape index (κ3) is 9.45. The van der Waals surface area contributed by atoms with Crippen molar-refractivity contribution >= 4 is 27.5 Å². The van der Waals surface area contributed by atoms with Crippen LogP contribution in [0.15, 0.2) is 114 Å². The van der Waals surface area contributed by atoms with Crippen LogP contribution in [0.5, 0.6) is 5.75 Å². The Morgan fingerprint density at radius 3 is 1.98 bits per heavy atom. The Morgan fingerprint density at radius 2 is 1.40 bits per heavy atom. The fraction of sp³-hybridized carbons (Fsp3) is 0.316. The summed E-state index contributed by atoms with van der Waals surface area (Å²) in [5, 5.41) is 3.05. The molecule has 0 aliphatic heterocycles. The Bertz CT molecular complexity index is 1740. The normalized spacial score (nSPS) is 12.3. The van der Waals surface area contributed by atoms with Crippen molar-refractivity contribution in [1.82, 2.24) is 10.2 Å². The van der Waals surface area contributed by atoms with Crippen LogP contribution < -0.4 is 14.4 Å². The van der Waals surface area contributed by atoms with Crippen LogP contribution in [0.4, 0.5) is 5.69 Å². The maximum absolute atomic E-state index is 14.6. The number of amides is 2. The third-order valence-electron chi connectivity index (χ3n) is 7.71. The van der Waals surface area contributed by atoms with Crippen molar-refractivity contribution in [2.75, 3.05) is 18.0 Å². The molecule has 4 aromatic carbocycles. The van der Waals surface area contributed by atoms with Gasteiger partial charge in [0.25, 0.3) is 10.0 Å². The highest BCUT2D eigenvalue weighted by atomic mass is 32.2. The van der Waals surface area contributed by atoms with Gasteiger partial charge in [-0.05, 0) is 79.8 Å². The van der Waals surface area contributed by atoms with Crippen LogP contribution in [0, 0.1) is 0 Å². The minimum absolute atomic E-state index is 0.0522. The standard InChI is InChI=1S/C38H45N3O5S/c1-28(2)31-20-22-32(23-21-31)41(47(44,45)34-18-11-8-12-19-34)27-36(42)40(26-30-16-13-17-33(24-30)46-6)35(37(43)39-38(3,4)5)25-29-14-9-7-10-15-29/h7-24,28,35H,25-27H2,1-6H3,(H,39,43). The van der Waals surface area contributed by atoms with Crippen molar-refractivity contribution in [2.24, 2.45) is 0 Å². The molecule has 248 valence electrons. The molecule has 0 spiro atoms. The molecule has 0 aromatic heterocycles. The first-order chi connectivity index (χ1) is 22.3. The second kappa shape index (κ2) is 15.3. The van der Waals surface area contributed by atoms with Gasteiger partial charge in [0.05, 0.1) is 17.7 Å². The van der Waals surface area contributed by atoms with Crippen molar-refractivity contribution in [3.63, 3.8) is 0 Å². The molecule has 0 saturated carbocycles. The summed E-state index contributed by atoms with van der Waals surface area (Å²) in [6.07, 6.45) is 0.229. The SMILES string of the molecule is COc1cccc(CN(C(=O)CN(c2ccc(C(C)C)cc2)S(=O)(=O)c2ccccc2)C(Cc2ccccc2)C(=O)NC(C)(C)C)c1. The molecule has 0 bridgehead atoms. The lowest BCUT2D eigenvalue weighted by Crippen LogP contribution is -2.56. The van der Waals surface area contributed by atoms with E-state index in [2.05, 4.69) is 19.2 Å². The molecule has 2 amide bonds. The van der Waals surface area contributed by atoms with E-state index < -0.39 is 34.1 Å². The van der Waals surface area contributed by atoms with E-state index in [-0.39, 0.29) is 29.7 Å². The van der Waals surface area contributed by atoms with Gasteiger partial charge in [0, 0.05) is 18.5 Å². The number of anilines is 1. The van der Waals surface area contributed by atoms with Gasteiger partial charge in [0.2, 0.25) is 11.8 Å². The predicted molar refractivity (Wildman–Crippen MR) is 187 cm³/mol. The Kier molecular flexibility index (Phi) is 11.5. The average molecular weight is 656 g/mol. The maximum atomic E-state index is 14.6. The number of carbonyl (C=O) groups is 2. The van der Waals surface area contributed by atoms with Crippen molar-refractivity contribution in [2.45, 2.75) is 70.0 Å². The highest BCUT2D eigenvalue weighted by molar-refractivity contribution is 7.92. The Labute approximate surface area is 279 Å². The van der Waals surface area contributed by atoms with Gasteiger partial charge in [-0.2, -0.15) is 0 Å². The summed E-state index contributed by atoms with van der Waals surface area (Å²) in [6.45, 7) is 9.30. The number of hydrogen-bond donors (Lipinski definition) is 1. The molecule has 47 heavy (non-hydrogen) atoms. The molecule has 8 nitrogen and oxygen atoms in total. The number of nitrogens with zero attached hydrogens (tertiary/aromatic N) is 2. The molecule has 1 atom stereocenters. The van der Waals surface area contributed by atoms with E-state index in [1.165, 1.54) is 17.0 Å². The number of ether oxygens (including phenoxy) is 1. The average Bonchev–Trinajstić information content (AvgIpc) is 3.05. The van der Waals surface area contributed by atoms with Crippen molar-refractivity contribution in [3.8, 4) is 5.75 Å². The van der Waals surface area contributed by atoms with Crippen molar-refractivity contribution in [1.29, 1.82) is 0 Å².